The molecule has 0 amide bonds. The van der Waals surface area contributed by atoms with Crippen molar-refractivity contribution in [2.24, 2.45) is 0 Å². The van der Waals surface area contributed by atoms with E-state index in [1.54, 1.807) is 35.4 Å². The van der Waals surface area contributed by atoms with Crippen molar-refractivity contribution in [3.8, 4) is 34.0 Å². The Balaban J connectivity index is 0.000000222. The standard InChI is InChI=1S/C20H22F3N5O4.C14H10F3N5O/c21-20(22,23)32-17-3-1-16(2-4-17)27-19-11-18(24-14-25-19)15-12-26-28(13-15)5-7-30-9-10-31-8-6-29;15-14(16,17)23-11-3-1-10(2-4-11)22-13-5-12(18-8-19-13)9-6-20-21-7-9/h1-4,11-14,29H,5-10H2,(H,24,25,27);1-8H,(H,20,21)(H,18,19,22). The van der Waals surface area contributed by atoms with E-state index in [1.807, 2.05) is 6.20 Å². The van der Waals surface area contributed by atoms with Crippen LogP contribution in [0.4, 0.5) is 49.4 Å². The Hall–Kier alpha value is -6.32. The number of H-pyrrole nitrogens is 1. The number of hydrogen-bond acceptors (Lipinski definition) is 13. The van der Waals surface area contributed by atoms with Crippen molar-refractivity contribution < 1.29 is 50.4 Å². The molecule has 6 rings (SSSR count). The van der Waals surface area contributed by atoms with Crippen LogP contribution in [0.2, 0.25) is 0 Å². The molecule has 0 aliphatic carbocycles. The molecule has 290 valence electrons. The molecular formula is C34H32F6N10O5. The first-order valence-corrected chi connectivity index (χ1v) is 16.1. The van der Waals surface area contributed by atoms with Gasteiger partial charge >= 0.3 is 12.7 Å². The highest BCUT2D eigenvalue weighted by atomic mass is 19.4. The molecule has 6 aromatic rings. The van der Waals surface area contributed by atoms with E-state index in [0.29, 0.717) is 67.4 Å². The Bertz CT molecular complexity index is 2030. The number of benzene rings is 2. The number of ether oxygens (including phenoxy) is 4. The van der Waals surface area contributed by atoms with E-state index in [0.717, 1.165) is 11.1 Å². The van der Waals surface area contributed by atoms with E-state index in [9.17, 15) is 26.3 Å². The van der Waals surface area contributed by atoms with Gasteiger partial charge in [0, 0.05) is 47.0 Å². The molecule has 4 aromatic heterocycles. The molecule has 0 bridgehead atoms. The Labute approximate surface area is 308 Å². The summed E-state index contributed by atoms with van der Waals surface area (Å²) in [5.41, 5.74) is 3.97. The molecule has 0 atom stereocenters. The zero-order valence-electron chi connectivity index (χ0n) is 28.5. The average molecular weight is 775 g/mol. The number of anilines is 4. The summed E-state index contributed by atoms with van der Waals surface area (Å²) < 4.78 is 93.0. The fourth-order valence-corrected chi connectivity index (χ4v) is 4.50. The van der Waals surface area contributed by atoms with Gasteiger partial charge in [0.15, 0.2) is 0 Å². The number of aromatic nitrogens is 8. The monoisotopic (exact) mass is 774 g/mol. The molecule has 4 N–H and O–H groups in total. The lowest BCUT2D eigenvalue weighted by molar-refractivity contribution is -0.275. The average Bonchev–Trinajstić information content (AvgIpc) is 3.86. The summed E-state index contributed by atoms with van der Waals surface area (Å²) in [5.74, 6) is 0.379. The summed E-state index contributed by atoms with van der Waals surface area (Å²) in [6, 6.07) is 14.1. The second kappa shape index (κ2) is 19.1. The second-order valence-electron chi connectivity index (χ2n) is 10.9. The van der Waals surface area contributed by atoms with Crippen molar-refractivity contribution in [2.75, 3.05) is 43.7 Å². The lowest BCUT2D eigenvalue weighted by Gasteiger charge is -2.10. The van der Waals surface area contributed by atoms with Gasteiger partial charge in [0.25, 0.3) is 0 Å². The van der Waals surface area contributed by atoms with Crippen LogP contribution in [0.25, 0.3) is 22.5 Å². The number of hydrogen-bond donors (Lipinski definition) is 4. The SMILES string of the molecule is FC(F)(F)Oc1ccc(Nc2cc(-c3cn[nH]c3)ncn2)cc1.OCCOCCOCCn1cc(-c2cc(Nc3ccc(OC(F)(F)F)cc3)ncn2)cn1. The fraction of sp³-hybridized carbons (Fsp3) is 0.235. The molecule has 55 heavy (non-hydrogen) atoms. The molecule has 0 aliphatic rings. The van der Waals surface area contributed by atoms with Gasteiger partial charge in [-0.15, -0.1) is 26.3 Å². The van der Waals surface area contributed by atoms with Crippen LogP contribution >= 0.6 is 0 Å². The van der Waals surface area contributed by atoms with Crippen molar-refractivity contribution in [2.45, 2.75) is 19.3 Å². The van der Waals surface area contributed by atoms with E-state index in [4.69, 9.17) is 14.6 Å². The first-order valence-electron chi connectivity index (χ1n) is 16.1. The van der Waals surface area contributed by atoms with Gasteiger partial charge in [0.2, 0.25) is 0 Å². The largest absolute Gasteiger partial charge is 0.573 e. The summed E-state index contributed by atoms with van der Waals surface area (Å²) in [6.45, 7) is 2.12. The third kappa shape index (κ3) is 13.9. The van der Waals surface area contributed by atoms with Crippen molar-refractivity contribution in [3.63, 3.8) is 0 Å². The topological polar surface area (TPSA) is 179 Å². The van der Waals surface area contributed by atoms with E-state index in [2.05, 4.69) is 55.3 Å². The zero-order chi connectivity index (χ0) is 39.1. The van der Waals surface area contributed by atoms with Gasteiger partial charge < -0.3 is 34.7 Å². The maximum Gasteiger partial charge on any atom is 0.573 e. The Morgan fingerprint density at radius 3 is 1.67 bits per heavy atom. The maximum absolute atomic E-state index is 12.3. The number of nitrogens with one attached hydrogen (secondary N) is 3. The fourth-order valence-electron chi connectivity index (χ4n) is 4.50. The normalized spacial score (nSPS) is 11.4. The van der Waals surface area contributed by atoms with E-state index < -0.39 is 12.7 Å². The molecule has 15 nitrogen and oxygen atoms in total. The lowest BCUT2D eigenvalue weighted by atomic mass is 10.2. The molecule has 0 saturated heterocycles. The number of rotatable bonds is 16. The highest BCUT2D eigenvalue weighted by molar-refractivity contribution is 5.65. The number of nitrogens with zero attached hydrogens (tertiary/aromatic N) is 7. The molecule has 4 heterocycles. The van der Waals surface area contributed by atoms with Crippen molar-refractivity contribution in [1.82, 2.24) is 39.9 Å². The highest BCUT2D eigenvalue weighted by Gasteiger charge is 2.31. The quantitative estimate of drug-likeness (QED) is 0.0618. The minimum absolute atomic E-state index is 0.0143. The van der Waals surface area contributed by atoms with E-state index >= 15 is 0 Å². The van der Waals surface area contributed by atoms with Crippen LogP contribution < -0.4 is 20.1 Å². The molecule has 2 aromatic carbocycles. The minimum Gasteiger partial charge on any atom is -0.406 e. The summed E-state index contributed by atoms with van der Waals surface area (Å²) in [6.07, 6.45) is 0.117. The lowest BCUT2D eigenvalue weighted by Crippen LogP contribution is -2.17. The molecule has 0 radical (unpaired) electrons. The van der Waals surface area contributed by atoms with Gasteiger partial charge in [-0.1, -0.05) is 0 Å². The number of alkyl halides is 6. The molecule has 21 heteroatoms. The van der Waals surface area contributed by atoms with E-state index in [1.165, 1.54) is 61.2 Å². The Kier molecular flexibility index (Phi) is 13.9. The second-order valence-corrected chi connectivity index (χ2v) is 10.9. The molecule has 0 saturated carbocycles. The summed E-state index contributed by atoms with van der Waals surface area (Å²) in [7, 11) is 0. The van der Waals surface area contributed by atoms with Crippen LogP contribution in [0.3, 0.4) is 0 Å². The maximum atomic E-state index is 12.3. The molecule has 0 spiro atoms. The van der Waals surface area contributed by atoms with E-state index in [-0.39, 0.29) is 18.1 Å². The van der Waals surface area contributed by atoms with Crippen LogP contribution in [-0.4, -0.2) is 90.8 Å². The summed E-state index contributed by atoms with van der Waals surface area (Å²) >= 11 is 0. The third-order valence-electron chi connectivity index (χ3n) is 6.85. The number of aliphatic hydroxyl groups is 1. The third-order valence-corrected chi connectivity index (χ3v) is 6.85. The summed E-state index contributed by atoms with van der Waals surface area (Å²) in [5, 5.41) is 25.4. The van der Waals surface area contributed by atoms with Crippen molar-refractivity contribution in [3.05, 3.63) is 98.1 Å². The van der Waals surface area contributed by atoms with Gasteiger partial charge in [-0.05, 0) is 48.5 Å². The van der Waals surface area contributed by atoms with Crippen LogP contribution in [0.5, 0.6) is 11.5 Å². The van der Waals surface area contributed by atoms with Crippen LogP contribution in [0, 0.1) is 0 Å². The number of halogens is 6. The predicted octanol–water partition coefficient (Wildman–Crippen LogP) is 6.52. The zero-order valence-corrected chi connectivity index (χ0v) is 28.5. The Morgan fingerprint density at radius 2 is 1.18 bits per heavy atom. The number of aromatic amines is 1. The first-order chi connectivity index (χ1) is 26.4. The highest BCUT2D eigenvalue weighted by Crippen LogP contribution is 2.27. The van der Waals surface area contributed by atoms with Crippen LogP contribution in [-0.2, 0) is 16.0 Å². The smallest absolute Gasteiger partial charge is 0.406 e. The van der Waals surface area contributed by atoms with Gasteiger partial charge in [-0.25, -0.2) is 19.9 Å². The van der Waals surface area contributed by atoms with Gasteiger partial charge in [0.05, 0.1) is 63.4 Å². The van der Waals surface area contributed by atoms with Gasteiger partial charge in [-0.3, -0.25) is 9.78 Å². The van der Waals surface area contributed by atoms with Crippen LogP contribution in [0.1, 0.15) is 0 Å². The molecule has 0 fully saturated rings. The van der Waals surface area contributed by atoms with Crippen molar-refractivity contribution >= 4 is 23.0 Å². The molecular weight excluding hydrogens is 742 g/mol. The van der Waals surface area contributed by atoms with Crippen LogP contribution in [0.15, 0.2) is 98.1 Å². The molecule has 0 unspecified atom stereocenters. The minimum atomic E-state index is -4.73. The Morgan fingerprint density at radius 1 is 0.655 bits per heavy atom. The molecule has 0 aliphatic heterocycles. The predicted molar refractivity (Wildman–Crippen MR) is 184 cm³/mol. The van der Waals surface area contributed by atoms with Crippen molar-refractivity contribution in [1.29, 1.82) is 0 Å². The van der Waals surface area contributed by atoms with Gasteiger partial charge in [-0.2, -0.15) is 10.2 Å². The summed E-state index contributed by atoms with van der Waals surface area (Å²) in [4.78, 5) is 16.6. The first kappa shape index (κ1) is 39.9. The number of aliphatic hydroxyl groups excluding tert-OH is 1. The van der Waals surface area contributed by atoms with Gasteiger partial charge in [0.1, 0.15) is 35.8 Å².